The second-order valence-electron chi connectivity index (χ2n) is 3.57. The Morgan fingerprint density at radius 2 is 2.14 bits per heavy atom. The van der Waals surface area contributed by atoms with Crippen molar-refractivity contribution in [2.24, 2.45) is 5.92 Å². The Balaban J connectivity index is 4.35. The summed E-state index contributed by atoms with van der Waals surface area (Å²) in [6.45, 7) is 4.18. The van der Waals surface area contributed by atoms with E-state index in [1.54, 1.807) is 7.11 Å². The number of aliphatic carboxylic acids is 1. The van der Waals surface area contributed by atoms with Crippen molar-refractivity contribution in [2.45, 2.75) is 38.8 Å². The molecular weight excluding hydrogens is 182 g/mol. The average Bonchev–Trinajstić information content (AvgIpc) is 2.16. The van der Waals surface area contributed by atoms with Gasteiger partial charge in [0.15, 0.2) is 0 Å². The van der Waals surface area contributed by atoms with E-state index in [4.69, 9.17) is 9.84 Å². The number of carbonyl (C=O) groups is 1. The molecule has 4 nitrogen and oxygen atoms in total. The lowest BCUT2D eigenvalue weighted by molar-refractivity contribution is -0.140. The normalized spacial score (nSPS) is 17.4. The largest absolute Gasteiger partial charge is 0.481 e. The number of rotatable bonds is 7. The molecule has 0 aliphatic rings. The Bertz CT molecular complexity index is 173. The molecule has 0 saturated carbocycles. The van der Waals surface area contributed by atoms with Gasteiger partial charge in [0.05, 0.1) is 12.5 Å². The molecule has 0 spiro atoms. The van der Waals surface area contributed by atoms with Crippen LogP contribution < -0.4 is 5.32 Å². The first-order chi connectivity index (χ1) is 6.56. The summed E-state index contributed by atoms with van der Waals surface area (Å²) < 4.78 is 5.19. The molecule has 2 N–H and O–H groups in total. The summed E-state index contributed by atoms with van der Waals surface area (Å²) in [5.74, 6) is -0.412. The highest BCUT2D eigenvalue weighted by Gasteiger charge is 2.26. The summed E-state index contributed by atoms with van der Waals surface area (Å²) in [5, 5.41) is 11.8. The van der Waals surface area contributed by atoms with E-state index in [1.807, 2.05) is 7.05 Å². The van der Waals surface area contributed by atoms with Gasteiger partial charge in [0.1, 0.15) is 0 Å². The molecule has 0 amide bonds. The molecule has 0 fully saturated rings. The first-order valence-corrected chi connectivity index (χ1v) is 4.98. The first-order valence-electron chi connectivity index (χ1n) is 4.98. The number of likely N-dealkylation sites (N-methyl/N-ethyl adjacent to an activating group) is 1. The zero-order valence-electron chi connectivity index (χ0n) is 9.41. The van der Waals surface area contributed by atoms with E-state index in [2.05, 4.69) is 19.2 Å². The number of carboxylic acids is 1. The SMILES string of the molecule is CC[C@H](C)[C@@H](NC)[C@H](CC(=O)O)OC. The maximum atomic E-state index is 10.6. The fourth-order valence-electron chi connectivity index (χ4n) is 1.62. The predicted molar refractivity (Wildman–Crippen MR) is 55.4 cm³/mol. The third-order valence-electron chi connectivity index (χ3n) is 2.67. The quantitative estimate of drug-likeness (QED) is 0.650. The maximum Gasteiger partial charge on any atom is 0.306 e. The van der Waals surface area contributed by atoms with Gasteiger partial charge < -0.3 is 15.2 Å². The van der Waals surface area contributed by atoms with Gasteiger partial charge in [0.25, 0.3) is 0 Å². The van der Waals surface area contributed by atoms with Crippen molar-refractivity contribution in [1.82, 2.24) is 5.32 Å². The van der Waals surface area contributed by atoms with Crippen molar-refractivity contribution < 1.29 is 14.6 Å². The monoisotopic (exact) mass is 203 g/mol. The molecule has 0 rings (SSSR count). The molecule has 0 heterocycles. The molecular formula is C10H21NO3. The van der Waals surface area contributed by atoms with Gasteiger partial charge >= 0.3 is 5.97 Å². The van der Waals surface area contributed by atoms with E-state index in [0.29, 0.717) is 5.92 Å². The van der Waals surface area contributed by atoms with Crippen LogP contribution in [0.1, 0.15) is 26.7 Å². The molecule has 14 heavy (non-hydrogen) atoms. The van der Waals surface area contributed by atoms with Crippen molar-refractivity contribution in [3.8, 4) is 0 Å². The van der Waals surface area contributed by atoms with E-state index >= 15 is 0 Å². The van der Waals surface area contributed by atoms with E-state index in [9.17, 15) is 4.79 Å². The lowest BCUT2D eigenvalue weighted by Crippen LogP contribution is -2.44. The fourth-order valence-corrected chi connectivity index (χ4v) is 1.62. The van der Waals surface area contributed by atoms with Crippen molar-refractivity contribution in [2.75, 3.05) is 14.2 Å². The van der Waals surface area contributed by atoms with Gasteiger partial charge in [-0.05, 0) is 13.0 Å². The van der Waals surface area contributed by atoms with E-state index in [-0.39, 0.29) is 18.6 Å². The summed E-state index contributed by atoms with van der Waals surface area (Å²) in [5.41, 5.74) is 0. The van der Waals surface area contributed by atoms with Crippen molar-refractivity contribution in [3.05, 3.63) is 0 Å². The highest BCUT2D eigenvalue weighted by Crippen LogP contribution is 2.15. The molecule has 3 atom stereocenters. The van der Waals surface area contributed by atoms with Gasteiger partial charge in [-0.2, -0.15) is 0 Å². The lowest BCUT2D eigenvalue weighted by atomic mass is 9.93. The Hall–Kier alpha value is -0.610. The zero-order chi connectivity index (χ0) is 11.1. The van der Waals surface area contributed by atoms with E-state index in [0.717, 1.165) is 6.42 Å². The van der Waals surface area contributed by atoms with Crippen LogP contribution in [-0.4, -0.2) is 37.4 Å². The van der Waals surface area contributed by atoms with E-state index < -0.39 is 5.97 Å². The van der Waals surface area contributed by atoms with Gasteiger partial charge in [-0.25, -0.2) is 0 Å². The molecule has 0 aromatic carbocycles. The summed E-state index contributed by atoms with van der Waals surface area (Å²) in [4.78, 5) is 10.6. The van der Waals surface area contributed by atoms with Crippen LogP contribution in [0.2, 0.25) is 0 Å². The average molecular weight is 203 g/mol. The molecule has 0 unspecified atom stereocenters. The minimum absolute atomic E-state index is 0.0480. The smallest absolute Gasteiger partial charge is 0.306 e. The lowest BCUT2D eigenvalue weighted by Gasteiger charge is -2.29. The Morgan fingerprint density at radius 1 is 1.57 bits per heavy atom. The Morgan fingerprint density at radius 3 is 2.43 bits per heavy atom. The second-order valence-corrected chi connectivity index (χ2v) is 3.57. The maximum absolute atomic E-state index is 10.6. The van der Waals surface area contributed by atoms with Crippen LogP contribution in [0.5, 0.6) is 0 Å². The van der Waals surface area contributed by atoms with Crippen LogP contribution in [0.25, 0.3) is 0 Å². The summed E-state index contributed by atoms with van der Waals surface area (Å²) >= 11 is 0. The highest BCUT2D eigenvalue weighted by molar-refractivity contribution is 5.67. The van der Waals surface area contributed by atoms with Crippen LogP contribution in [0.15, 0.2) is 0 Å². The molecule has 0 aliphatic carbocycles. The van der Waals surface area contributed by atoms with Crippen LogP contribution in [0.4, 0.5) is 0 Å². The van der Waals surface area contributed by atoms with E-state index in [1.165, 1.54) is 0 Å². The van der Waals surface area contributed by atoms with Gasteiger partial charge in [-0.15, -0.1) is 0 Å². The number of ether oxygens (including phenoxy) is 1. The van der Waals surface area contributed by atoms with Crippen molar-refractivity contribution in [3.63, 3.8) is 0 Å². The summed E-state index contributed by atoms with van der Waals surface area (Å²) in [7, 11) is 3.39. The second kappa shape index (κ2) is 6.79. The van der Waals surface area contributed by atoms with Gasteiger partial charge in [-0.3, -0.25) is 4.79 Å². The summed E-state index contributed by atoms with van der Waals surface area (Å²) in [6, 6.07) is 0.0982. The topological polar surface area (TPSA) is 58.6 Å². The molecule has 84 valence electrons. The van der Waals surface area contributed by atoms with Crippen LogP contribution in [-0.2, 0) is 9.53 Å². The number of methoxy groups -OCH3 is 1. The zero-order valence-corrected chi connectivity index (χ0v) is 9.41. The van der Waals surface area contributed by atoms with Gasteiger partial charge in [0, 0.05) is 13.2 Å². The Kier molecular flexibility index (Phi) is 6.49. The molecule has 0 radical (unpaired) electrons. The minimum Gasteiger partial charge on any atom is -0.481 e. The number of nitrogens with one attached hydrogen (secondary N) is 1. The minimum atomic E-state index is -0.819. The third-order valence-corrected chi connectivity index (χ3v) is 2.67. The molecule has 4 heteroatoms. The molecule has 0 saturated heterocycles. The van der Waals surface area contributed by atoms with Crippen molar-refractivity contribution in [1.29, 1.82) is 0 Å². The van der Waals surface area contributed by atoms with Gasteiger partial charge in [0.2, 0.25) is 0 Å². The molecule has 0 aromatic heterocycles. The summed E-state index contributed by atoms with van der Waals surface area (Å²) in [6.07, 6.45) is 0.796. The standard InChI is InChI=1S/C10H21NO3/c1-5-7(2)10(11-3)8(14-4)6-9(12)13/h7-8,10-11H,5-6H2,1-4H3,(H,12,13)/t7-,8-,10+/m0/s1. The molecule has 0 aromatic rings. The number of carboxylic acid groups (broad SMARTS) is 1. The number of hydrogen-bond donors (Lipinski definition) is 2. The third kappa shape index (κ3) is 4.07. The van der Waals surface area contributed by atoms with Gasteiger partial charge in [-0.1, -0.05) is 20.3 Å². The van der Waals surface area contributed by atoms with Crippen LogP contribution in [0.3, 0.4) is 0 Å². The predicted octanol–water partition coefficient (Wildman–Crippen LogP) is 1.11. The molecule has 0 aliphatic heterocycles. The first kappa shape index (κ1) is 13.4. The van der Waals surface area contributed by atoms with Crippen LogP contribution in [0, 0.1) is 5.92 Å². The van der Waals surface area contributed by atoms with Crippen LogP contribution >= 0.6 is 0 Å². The Labute approximate surface area is 85.6 Å². The highest BCUT2D eigenvalue weighted by atomic mass is 16.5. The molecule has 0 bridgehead atoms. The number of hydrogen-bond acceptors (Lipinski definition) is 3. The fraction of sp³-hybridized carbons (Fsp3) is 0.900. The van der Waals surface area contributed by atoms with Crippen molar-refractivity contribution >= 4 is 5.97 Å².